The molecule has 0 aliphatic heterocycles. The predicted molar refractivity (Wildman–Crippen MR) is 94.3 cm³/mol. The molecule has 6 heteroatoms. The fraction of sp³-hybridized carbons (Fsp3) is 0.235. The number of amides is 1. The molecular weight excluding hydrogens is 308 g/mol. The maximum atomic E-state index is 12.3. The van der Waals surface area contributed by atoms with E-state index < -0.39 is 0 Å². The van der Waals surface area contributed by atoms with Crippen LogP contribution < -0.4 is 5.43 Å². The van der Waals surface area contributed by atoms with Gasteiger partial charge < -0.3 is 0 Å². The average Bonchev–Trinajstić information content (AvgIpc) is 3.10. The first-order chi connectivity index (χ1) is 11.1. The molecule has 0 unspecified atom stereocenters. The highest BCUT2D eigenvalue weighted by Gasteiger charge is 2.12. The highest BCUT2D eigenvalue weighted by atomic mass is 32.1. The molecule has 0 fully saturated rings. The number of hydrazone groups is 1. The maximum Gasteiger partial charge on any atom is 0.272 e. The summed E-state index contributed by atoms with van der Waals surface area (Å²) in [5.41, 5.74) is 6.16. The van der Waals surface area contributed by atoms with Crippen molar-refractivity contribution in [3.05, 3.63) is 52.2 Å². The van der Waals surface area contributed by atoms with Crippen LogP contribution in [0.3, 0.4) is 0 Å². The van der Waals surface area contributed by atoms with Crippen LogP contribution in [0.5, 0.6) is 0 Å². The van der Waals surface area contributed by atoms with Gasteiger partial charge in [-0.1, -0.05) is 18.2 Å². The second kappa shape index (κ2) is 6.34. The van der Waals surface area contributed by atoms with Gasteiger partial charge in [0.1, 0.15) is 0 Å². The van der Waals surface area contributed by atoms with Crippen LogP contribution in [0, 0.1) is 13.8 Å². The van der Waals surface area contributed by atoms with E-state index in [1.807, 2.05) is 55.1 Å². The first-order valence-corrected chi connectivity index (χ1v) is 8.33. The Morgan fingerprint density at radius 2 is 2.17 bits per heavy atom. The van der Waals surface area contributed by atoms with Gasteiger partial charge >= 0.3 is 0 Å². The van der Waals surface area contributed by atoms with E-state index in [4.69, 9.17) is 0 Å². The van der Waals surface area contributed by atoms with E-state index >= 15 is 0 Å². The van der Waals surface area contributed by atoms with Crippen LogP contribution >= 0.6 is 11.3 Å². The second-order valence-corrected chi connectivity index (χ2v) is 6.16. The number of nitrogens with one attached hydrogen (secondary N) is 1. The molecule has 5 nitrogen and oxygen atoms in total. The smallest absolute Gasteiger partial charge is 0.269 e. The molecule has 0 saturated heterocycles. The van der Waals surface area contributed by atoms with Gasteiger partial charge in [0.05, 0.1) is 17.5 Å². The molecule has 1 aromatic carbocycles. The van der Waals surface area contributed by atoms with Crippen molar-refractivity contribution in [3.8, 4) is 0 Å². The predicted octanol–water partition coefficient (Wildman–Crippen LogP) is 3.50. The lowest BCUT2D eigenvalue weighted by Gasteiger charge is -1.99. The molecule has 1 N–H and O–H groups in total. The molecule has 0 radical (unpaired) electrons. The van der Waals surface area contributed by atoms with Crippen LogP contribution in [0.1, 0.15) is 34.2 Å². The first kappa shape index (κ1) is 15.4. The Bertz CT molecular complexity index is 891. The lowest BCUT2D eigenvalue weighted by Crippen LogP contribution is -2.17. The van der Waals surface area contributed by atoms with Crippen molar-refractivity contribution in [2.24, 2.45) is 5.10 Å². The molecular formula is C17H18N4OS. The fourth-order valence-electron chi connectivity index (χ4n) is 2.57. The molecule has 3 aromatic rings. The summed E-state index contributed by atoms with van der Waals surface area (Å²) < 4.78 is 3.02. The van der Waals surface area contributed by atoms with E-state index in [9.17, 15) is 4.79 Å². The van der Waals surface area contributed by atoms with Crippen LogP contribution in [-0.4, -0.2) is 21.9 Å². The monoisotopic (exact) mass is 326 g/mol. The number of carbonyl (C=O) groups excluding carboxylic acids is 1. The molecule has 0 aliphatic carbocycles. The molecule has 3 rings (SSSR count). The molecule has 118 valence electrons. The van der Waals surface area contributed by atoms with Gasteiger partial charge in [-0.15, -0.1) is 11.3 Å². The fourth-order valence-corrected chi connectivity index (χ4v) is 3.52. The minimum absolute atomic E-state index is 0.197. The van der Waals surface area contributed by atoms with Crippen LogP contribution in [-0.2, 0) is 6.54 Å². The Hall–Kier alpha value is -2.47. The van der Waals surface area contributed by atoms with Gasteiger partial charge in [0.15, 0.2) is 0 Å². The molecule has 1 amide bonds. The molecule has 2 aromatic heterocycles. The summed E-state index contributed by atoms with van der Waals surface area (Å²) in [6.07, 6.45) is 1.66. The third-order valence-electron chi connectivity index (χ3n) is 3.82. The van der Waals surface area contributed by atoms with Gasteiger partial charge in [-0.2, -0.15) is 10.2 Å². The highest BCUT2D eigenvalue weighted by Crippen LogP contribution is 2.25. The number of benzene rings is 1. The van der Waals surface area contributed by atoms with Gasteiger partial charge in [-0.05, 0) is 26.8 Å². The van der Waals surface area contributed by atoms with Gasteiger partial charge in [0.2, 0.25) is 0 Å². The van der Waals surface area contributed by atoms with Crippen molar-refractivity contribution in [1.29, 1.82) is 0 Å². The quantitative estimate of drug-likeness (QED) is 0.589. The SMILES string of the molecule is CCn1nc(C)c(/C=N/NC(=O)c2csc3ccccc23)c1C. The van der Waals surface area contributed by atoms with Crippen molar-refractivity contribution < 1.29 is 4.79 Å². The average molecular weight is 326 g/mol. The van der Waals surface area contributed by atoms with Crippen molar-refractivity contribution in [3.63, 3.8) is 0 Å². The van der Waals surface area contributed by atoms with E-state index in [0.717, 1.165) is 33.6 Å². The number of hydrogen-bond acceptors (Lipinski definition) is 4. The summed E-state index contributed by atoms with van der Waals surface area (Å²) in [6.45, 7) is 6.80. The van der Waals surface area contributed by atoms with Crippen molar-refractivity contribution in [1.82, 2.24) is 15.2 Å². The molecule has 23 heavy (non-hydrogen) atoms. The number of rotatable bonds is 4. The Balaban J connectivity index is 1.78. The van der Waals surface area contributed by atoms with E-state index in [2.05, 4.69) is 15.6 Å². The molecule has 0 bridgehead atoms. The third-order valence-corrected chi connectivity index (χ3v) is 4.79. The number of hydrogen-bond donors (Lipinski definition) is 1. The van der Waals surface area contributed by atoms with E-state index in [0.29, 0.717) is 5.56 Å². The standard InChI is InChI=1S/C17H18N4OS/c1-4-21-12(3)14(11(2)20-21)9-18-19-17(22)15-10-23-16-8-6-5-7-13(15)16/h5-10H,4H2,1-3H3,(H,19,22)/b18-9+. The number of aryl methyl sites for hydroxylation is 2. The zero-order valence-corrected chi connectivity index (χ0v) is 14.1. The number of carbonyl (C=O) groups is 1. The van der Waals surface area contributed by atoms with Crippen LogP contribution in [0.4, 0.5) is 0 Å². The first-order valence-electron chi connectivity index (χ1n) is 7.45. The van der Waals surface area contributed by atoms with E-state index in [-0.39, 0.29) is 5.91 Å². The molecule has 0 aliphatic rings. The topological polar surface area (TPSA) is 59.3 Å². The summed E-state index contributed by atoms with van der Waals surface area (Å²) in [4.78, 5) is 12.3. The van der Waals surface area contributed by atoms with Crippen LogP contribution in [0.2, 0.25) is 0 Å². The zero-order valence-electron chi connectivity index (χ0n) is 13.3. The van der Waals surface area contributed by atoms with E-state index in [1.165, 1.54) is 0 Å². The summed E-state index contributed by atoms with van der Waals surface area (Å²) in [7, 11) is 0. The molecule has 2 heterocycles. The Morgan fingerprint density at radius 3 is 2.91 bits per heavy atom. The number of nitrogens with zero attached hydrogens (tertiary/aromatic N) is 3. The third kappa shape index (κ3) is 2.90. The lowest BCUT2D eigenvalue weighted by molar-refractivity contribution is 0.0957. The summed E-state index contributed by atoms with van der Waals surface area (Å²) >= 11 is 1.56. The summed E-state index contributed by atoms with van der Waals surface area (Å²) in [6, 6.07) is 7.85. The molecule has 0 saturated carbocycles. The molecule has 0 spiro atoms. The number of fused-ring (bicyclic) bond motifs is 1. The van der Waals surface area contributed by atoms with Gasteiger partial charge in [-0.25, -0.2) is 5.43 Å². The minimum Gasteiger partial charge on any atom is -0.269 e. The van der Waals surface area contributed by atoms with Crippen molar-refractivity contribution >= 4 is 33.5 Å². The molecule has 0 atom stereocenters. The summed E-state index contributed by atoms with van der Waals surface area (Å²) in [5.74, 6) is -0.197. The van der Waals surface area contributed by atoms with Crippen LogP contribution in [0.15, 0.2) is 34.7 Å². The largest absolute Gasteiger partial charge is 0.272 e. The van der Waals surface area contributed by atoms with E-state index in [1.54, 1.807) is 17.6 Å². The second-order valence-electron chi connectivity index (χ2n) is 5.24. The van der Waals surface area contributed by atoms with Gasteiger partial charge in [-0.3, -0.25) is 9.48 Å². The zero-order chi connectivity index (χ0) is 16.4. The Labute approximate surface area is 138 Å². The normalized spacial score (nSPS) is 11.4. The minimum atomic E-state index is -0.197. The Morgan fingerprint density at radius 1 is 1.39 bits per heavy atom. The van der Waals surface area contributed by atoms with Crippen molar-refractivity contribution in [2.75, 3.05) is 0 Å². The Kier molecular flexibility index (Phi) is 4.25. The maximum absolute atomic E-state index is 12.3. The van der Waals surface area contributed by atoms with Crippen molar-refractivity contribution in [2.45, 2.75) is 27.3 Å². The highest BCUT2D eigenvalue weighted by molar-refractivity contribution is 7.17. The van der Waals surface area contributed by atoms with Gasteiger partial charge in [0, 0.05) is 33.3 Å². The van der Waals surface area contributed by atoms with Gasteiger partial charge in [0.25, 0.3) is 5.91 Å². The number of thiophene rings is 1. The van der Waals surface area contributed by atoms with Crippen LogP contribution in [0.25, 0.3) is 10.1 Å². The lowest BCUT2D eigenvalue weighted by atomic mass is 10.2. The number of aromatic nitrogens is 2. The summed E-state index contributed by atoms with van der Waals surface area (Å²) in [5, 5.41) is 11.3.